The summed E-state index contributed by atoms with van der Waals surface area (Å²) in [5, 5.41) is 14.3. The Morgan fingerprint density at radius 1 is 1.17 bits per heavy atom. The largest absolute Gasteiger partial charge is 0.480 e. The van der Waals surface area contributed by atoms with Crippen LogP contribution in [0.25, 0.3) is 0 Å². The van der Waals surface area contributed by atoms with Crippen LogP contribution >= 0.6 is 11.8 Å². The van der Waals surface area contributed by atoms with E-state index in [-0.39, 0.29) is 12.8 Å². The number of rotatable bonds is 12. The van der Waals surface area contributed by atoms with Gasteiger partial charge in [-0.1, -0.05) is 0 Å². The minimum Gasteiger partial charge on any atom is -0.480 e. The number of nitrogens with two attached hydrogens (primary N) is 2. The van der Waals surface area contributed by atoms with Crippen molar-refractivity contribution in [2.75, 3.05) is 18.6 Å². The average Bonchev–Trinajstić information content (AvgIpc) is 3.16. The number of likely N-dealkylation sites (tertiary alicyclic amines) is 1. The molecule has 12 heteroatoms. The molecule has 1 aliphatic heterocycles. The Balaban J connectivity index is 2.88. The molecule has 4 atom stereocenters. The van der Waals surface area contributed by atoms with Gasteiger partial charge in [-0.3, -0.25) is 19.2 Å². The van der Waals surface area contributed by atoms with E-state index in [4.69, 9.17) is 11.5 Å². The number of carbonyl (C=O) groups excluding carboxylic acids is 4. The summed E-state index contributed by atoms with van der Waals surface area (Å²) in [4.78, 5) is 61.4. The number of aliphatic carboxylic acids is 1. The summed E-state index contributed by atoms with van der Waals surface area (Å²) in [6.07, 6.45) is 2.86. The van der Waals surface area contributed by atoms with E-state index in [1.807, 2.05) is 6.26 Å². The summed E-state index contributed by atoms with van der Waals surface area (Å²) in [7, 11) is 0. The van der Waals surface area contributed by atoms with E-state index in [0.717, 1.165) is 0 Å². The van der Waals surface area contributed by atoms with E-state index in [0.29, 0.717) is 31.6 Å². The highest BCUT2D eigenvalue weighted by Crippen LogP contribution is 2.20. The van der Waals surface area contributed by atoms with Gasteiger partial charge in [-0.05, 0) is 44.6 Å². The number of thioether (sulfide) groups is 1. The number of hydrogen-bond acceptors (Lipinski definition) is 7. The quantitative estimate of drug-likeness (QED) is 0.238. The van der Waals surface area contributed by atoms with Crippen LogP contribution in [0.4, 0.5) is 0 Å². The molecule has 7 N–H and O–H groups in total. The molecule has 1 saturated heterocycles. The highest BCUT2D eigenvalue weighted by molar-refractivity contribution is 7.98. The van der Waals surface area contributed by atoms with Gasteiger partial charge in [0.25, 0.3) is 0 Å². The molecule has 0 bridgehead atoms. The number of amides is 4. The van der Waals surface area contributed by atoms with Crippen molar-refractivity contribution in [3.63, 3.8) is 0 Å². The molecule has 0 aromatic carbocycles. The first-order valence-corrected chi connectivity index (χ1v) is 11.1. The summed E-state index contributed by atoms with van der Waals surface area (Å²) in [5.74, 6) is -2.82. The second-order valence-corrected chi connectivity index (χ2v) is 8.21. The maximum absolute atomic E-state index is 13.1. The number of primary amides is 1. The molecule has 1 fully saturated rings. The fourth-order valence-corrected chi connectivity index (χ4v) is 3.58. The van der Waals surface area contributed by atoms with E-state index in [9.17, 15) is 29.1 Å². The van der Waals surface area contributed by atoms with Gasteiger partial charge in [0, 0.05) is 13.0 Å². The van der Waals surface area contributed by atoms with Crippen molar-refractivity contribution in [3.8, 4) is 0 Å². The normalized spacial score (nSPS) is 18.9. The maximum atomic E-state index is 13.1. The number of carboxylic acid groups (broad SMARTS) is 1. The van der Waals surface area contributed by atoms with Gasteiger partial charge < -0.3 is 32.1 Å². The van der Waals surface area contributed by atoms with Gasteiger partial charge in [0.05, 0.1) is 6.04 Å². The number of carboxylic acids is 1. The Kier molecular flexibility index (Phi) is 10.6. The molecule has 1 aliphatic rings. The highest BCUT2D eigenvalue weighted by atomic mass is 32.2. The first-order chi connectivity index (χ1) is 14.1. The predicted octanol–water partition coefficient (Wildman–Crippen LogP) is -1.60. The Morgan fingerprint density at radius 3 is 2.37 bits per heavy atom. The fraction of sp³-hybridized carbons (Fsp3) is 0.722. The zero-order valence-electron chi connectivity index (χ0n) is 17.3. The lowest BCUT2D eigenvalue weighted by molar-refractivity contribution is -0.145. The predicted molar refractivity (Wildman–Crippen MR) is 111 cm³/mol. The summed E-state index contributed by atoms with van der Waals surface area (Å²) >= 11 is 1.52. The maximum Gasteiger partial charge on any atom is 0.326 e. The third kappa shape index (κ3) is 7.82. The molecule has 0 spiro atoms. The van der Waals surface area contributed by atoms with Crippen LogP contribution < -0.4 is 22.1 Å². The summed E-state index contributed by atoms with van der Waals surface area (Å²) in [6, 6.07) is -3.74. The van der Waals surface area contributed by atoms with Crippen LogP contribution in [0.2, 0.25) is 0 Å². The molecular formula is C18H31N5O6S. The molecule has 0 radical (unpaired) electrons. The van der Waals surface area contributed by atoms with Crippen molar-refractivity contribution < 1.29 is 29.1 Å². The van der Waals surface area contributed by atoms with E-state index < -0.39 is 53.8 Å². The average molecular weight is 446 g/mol. The van der Waals surface area contributed by atoms with Gasteiger partial charge >= 0.3 is 5.97 Å². The molecule has 0 aromatic rings. The van der Waals surface area contributed by atoms with Crippen molar-refractivity contribution in [1.82, 2.24) is 15.5 Å². The van der Waals surface area contributed by atoms with Crippen molar-refractivity contribution >= 4 is 41.4 Å². The Labute approximate surface area is 179 Å². The summed E-state index contributed by atoms with van der Waals surface area (Å²) in [6.45, 7) is 1.83. The molecule has 4 unspecified atom stereocenters. The van der Waals surface area contributed by atoms with Crippen LogP contribution in [-0.4, -0.2) is 82.3 Å². The Bertz CT molecular complexity index is 659. The molecule has 0 aromatic heterocycles. The third-order valence-electron chi connectivity index (χ3n) is 4.77. The molecule has 0 saturated carbocycles. The number of nitrogens with zero attached hydrogens (tertiary/aromatic N) is 1. The second kappa shape index (κ2) is 12.4. The lowest BCUT2D eigenvalue weighted by atomic mass is 10.1. The van der Waals surface area contributed by atoms with Crippen LogP contribution in [0.1, 0.15) is 39.0 Å². The molecule has 1 heterocycles. The Hall–Kier alpha value is -2.34. The molecule has 30 heavy (non-hydrogen) atoms. The zero-order valence-corrected chi connectivity index (χ0v) is 18.1. The van der Waals surface area contributed by atoms with Gasteiger partial charge in [0.1, 0.15) is 18.1 Å². The minimum absolute atomic E-state index is 0.141. The lowest BCUT2D eigenvalue weighted by Gasteiger charge is -2.29. The van der Waals surface area contributed by atoms with E-state index in [2.05, 4.69) is 10.6 Å². The molecule has 0 aliphatic carbocycles. The van der Waals surface area contributed by atoms with E-state index in [1.165, 1.54) is 23.6 Å². The van der Waals surface area contributed by atoms with Crippen molar-refractivity contribution in [2.24, 2.45) is 11.5 Å². The van der Waals surface area contributed by atoms with Gasteiger partial charge in [-0.2, -0.15) is 11.8 Å². The SMILES string of the molecule is CSCCC(NC(=O)C(C)N)C(=O)N1CCCC1C(=O)NC(CCC(N)=O)C(=O)O. The van der Waals surface area contributed by atoms with Gasteiger partial charge in [-0.25, -0.2) is 4.79 Å². The summed E-state index contributed by atoms with van der Waals surface area (Å²) in [5.41, 5.74) is 10.6. The van der Waals surface area contributed by atoms with Gasteiger partial charge in [-0.15, -0.1) is 0 Å². The Morgan fingerprint density at radius 2 is 1.83 bits per heavy atom. The lowest BCUT2D eigenvalue weighted by Crippen LogP contribution is -2.56. The zero-order chi connectivity index (χ0) is 22.8. The fourth-order valence-electron chi connectivity index (χ4n) is 3.11. The molecular weight excluding hydrogens is 414 g/mol. The molecule has 11 nitrogen and oxygen atoms in total. The third-order valence-corrected chi connectivity index (χ3v) is 5.42. The minimum atomic E-state index is -1.29. The van der Waals surface area contributed by atoms with Crippen molar-refractivity contribution in [1.29, 1.82) is 0 Å². The number of hydrogen-bond donors (Lipinski definition) is 5. The topological polar surface area (TPSA) is 185 Å². The number of nitrogens with one attached hydrogen (secondary N) is 2. The van der Waals surface area contributed by atoms with Crippen LogP contribution in [0, 0.1) is 0 Å². The molecule has 170 valence electrons. The van der Waals surface area contributed by atoms with Crippen molar-refractivity contribution in [3.05, 3.63) is 0 Å². The van der Waals surface area contributed by atoms with Crippen LogP contribution in [-0.2, 0) is 24.0 Å². The van der Waals surface area contributed by atoms with E-state index >= 15 is 0 Å². The smallest absolute Gasteiger partial charge is 0.326 e. The van der Waals surface area contributed by atoms with E-state index in [1.54, 1.807) is 0 Å². The van der Waals surface area contributed by atoms with Crippen LogP contribution in [0.15, 0.2) is 0 Å². The molecule has 1 rings (SSSR count). The summed E-state index contributed by atoms with van der Waals surface area (Å²) < 4.78 is 0. The number of carbonyl (C=O) groups is 5. The monoisotopic (exact) mass is 445 g/mol. The standard InChI is InChI=1S/C18H31N5O6S/c1-10(19)15(25)21-11(7-9-30-2)17(27)23-8-3-4-13(23)16(26)22-12(18(28)29)5-6-14(20)24/h10-13H,3-9,19H2,1-2H3,(H2,20,24)(H,21,25)(H,22,26)(H,28,29). The van der Waals surface area contributed by atoms with Gasteiger partial charge in [0.15, 0.2) is 0 Å². The van der Waals surface area contributed by atoms with Crippen LogP contribution in [0.3, 0.4) is 0 Å². The second-order valence-electron chi connectivity index (χ2n) is 7.23. The molecule has 4 amide bonds. The first-order valence-electron chi connectivity index (χ1n) is 9.75. The van der Waals surface area contributed by atoms with Gasteiger partial charge in [0.2, 0.25) is 23.6 Å². The highest BCUT2D eigenvalue weighted by Gasteiger charge is 2.38. The van der Waals surface area contributed by atoms with Crippen molar-refractivity contribution in [2.45, 2.75) is 63.2 Å². The van der Waals surface area contributed by atoms with Crippen LogP contribution in [0.5, 0.6) is 0 Å². The first kappa shape index (κ1) is 25.7.